The number of piperidine rings is 1. The van der Waals surface area contributed by atoms with Crippen molar-refractivity contribution in [2.45, 2.75) is 38.7 Å². The highest BCUT2D eigenvalue weighted by Crippen LogP contribution is 2.14. The Hall–Kier alpha value is -1.14. The molecule has 1 N–H and O–H groups in total. The fourth-order valence-corrected chi connectivity index (χ4v) is 2.86. The van der Waals surface area contributed by atoms with Crippen LogP contribution in [0, 0.1) is 0 Å². The van der Waals surface area contributed by atoms with Crippen LogP contribution >= 0.6 is 0 Å². The van der Waals surface area contributed by atoms with Gasteiger partial charge < -0.3 is 19.9 Å². The molecule has 0 bridgehead atoms. The first-order valence-corrected chi connectivity index (χ1v) is 8.13. The standard InChI is InChI=1S/C15H27N3O3/c1-2-11-21-13-5-3-8-18(12-13)15(20)14(19)17-9-4-6-16-7-10-17/h13,16H,2-12H2,1H3. The lowest BCUT2D eigenvalue weighted by atomic mass is 10.1. The number of carbonyl (C=O) groups is 2. The van der Waals surface area contributed by atoms with E-state index in [4.69, 9.17) is 4.74 Å². The van der Waals surface area contributed by atoms with Gasteiger partial charge in [-0.1, -0.05) is 6.92 Å². The zero-order chi connectivity index (χ0) is 15.1. The van der Waals surface area contributed by atoms with Gasteiger partial charge in [-0.05, 0) is 32.2 Å². The lowest BCUT2D eigenvalue weighted by molar-refractivity contribution is -0.154. The first-order valence-electron chi connectivity index (χ1n) is 8.13. The first-order chi connectivity index (χ1) is 10.2. The van der Waals surface area contributed by atoms with E-state index in [0.717, 1.165) is 45.4 Å². The topological polar surface area (TPSA) is 61.9 Å². The molecule has 2 rings (SSSR count). The average Bonchev–Trinajstić information content (AvgIpc) is 2.81. The number of hydrogen-bond acceptors (Lipinski definition) is 4. The zero-order valence-corrected chi connectivity index (χ0v) is 13.0. The number of amides is 2. The maximum atomic E-state index is 12.4. The highest BCUT2D eigenvalue weighted by Gasteiger charge is 2.31. The Kier molecular flexibility index (Phi) is 6.45. The van der Waals surface area contributed by atoms with Gasteiger partial charge in [0.05, 0.1) is 6.10 Å². The highest BCUT2D eigenvalue weighted by atomic mass is 16.5. The second-order valence-corrected chi connectivity index (χ2v) is 5.78. The van der Waals surface area contributed by atoms with Gasteiger partial charge in [-0.2, -0.15) is 0 Å². The van der Waals surface area contributed by atoms with E-state index in [1.165, 1.54) is 0 Å². The van der Waals surface area contributed by atoms with Crippen molar-refractivity contribution < 1.29 is 14.3 Å². The maximum absolute atomic E-state index is 12.4. The van der Waals surface area contributed by atoms with E-state index >= 15 is 0 Å². The molecule has 120 valence electrons. The second-order valence-electron chi connectivity index (χ2n) is 5.78. The Morgan fingerprint density at radius 3 is 2.67 bits per heavy atom. The summed E-state index contributed by atoms with van der Waals surface area (Å²) in [5.74, 6) is -0.712. The molecule has 0 aromatic heterocycles. The molecule has 0 aliphatic carbocycles. The first kappa shape index (κ1) is 16.2. The molecule has 2 heterocycles. The summed E-state index contributed by atoms with van der Waals surface area (Å²) in [6.45, 7) is 6.98. The SMILES string of the molecule is CCCOC1CCCN(C(=O)C(=O)N2CCCNCC2)C1. The lowest BCUT2D eigenvalue weighted by Gasteiger charge is -2.33. The lowest BCUT2D eigenvalue weighted by Crippen LogP contribution is -2.50. The van der Waals surface area contributed by atoms with E-state index in [-0.39, 0.29) is 17.9 Å². The highest BCUT2D eigenvalue weighted by molar-refractivity contribution is 6.34. The number of carbonyl (C=O) groups excluding carboxylic acids is 2. The third-order valence-electron chi connectivity index (χ3n) is 4.03. The molecule has 2 amide bonds. The zero-order valence-electron chi connectivity index (χ0n) is 13.0. The summed E-state index contributed by atoms with van der Waals surface area (Å²) in [5, 5.41) is 3.24. The van der Waals surface area contributed by atoms with Gasteiger partial charge in [0.2, 0.25) is 0 Å². The van der Waals surface area contributed by atoms with Crippen LogP contribution in [0.1, 0.15) is 32.6 Å². The van der Waals surface area contributed by atoms with Crippen molar-refractivity contribution in [3.05, 3.63) is 0 Å². The Balaban J connectivity index is 1.87. The third-order valence-corrected chi connectivity index (χ3v) is 4.03. The third kappa shape index (κ3) is 4.68. The second kappa shape index (κ2) is 8.34. The molecule has 0 aromatic rings. The molecule has 0 spiro atoms. The maximum Gasteiger partial charge on any atom is 0.312 e. The quantitative estimate of drug-likeness (QED) is 0.757. The largest absolute Gasteiger partial charge is 0.376 e. The normalized spacial score (nSPS) is 23.8. The van der Waals surface area contributed by atoms with Crippen LogP contribution in [-0.2, 0) is 14.3 Å². The molecule has 0 aromatic carbocycles. The predicted octanol–water partition coefficient (Wildman–Crippen LogP) is 0.226. The van der Waals surface area contributed by atoms with Crippen molar-refractivity contribution in [2.75, 3.05) is 45.9 Å². The van der Waals surface area contributed by atoms with Crippen LogP contribution in [0.3, 0.4) is 0 Å². The van der Waals surface area contributed by atoms with Crippen LogP contribution in [0.25, 0.3) is 0 Å². The molecule has 2 saturated heterocycles. The number of nitrogens with one attached hydrogen (secondary N) is 1. The Morgan fingerprint density at radius 1 is 1.10 bits per heavy atom. The van der Waals surface area contributed by atoms with Gasteiger partial charge in [-0.15, -0.1) is 0 Å². The van der Waals surface area contributed by atoms with Crippen LogP contribution in [0.2, 0.25) is 0 Å². The molecule has 6 nitrogen and oxygen atoms in total. The molecule has 0 radical (unpaired) electrons. The van der Waals surface area contributed by atoms with E-state index in [1.54, 1.807) is 9.80 Å². The van der Waals surface area contributed by atoms with Gasteiger partial charge in [0.15, 0.2) is 0 Å². The Labute approximate surface area is 126 Å². The van der Waals surface area contributed by atoms with Crippen molar-refractivity contribution in [3.63, 3.8) is 0 Å². The molecule has 2 aliphatic heterocycles. The van der Waals surface area contributed by atoms with Crippen LogP contribution < -0.4 is 5.32 Å². The van der Waals surface area contributed by atoms with Gasteiger partial charge in [0.1, 0.15) is 0 Å². The van der Waals surface area contributed by atoms with Gasteiger partial charge in [-0.3, -0.25) is 9.59 Å². The van der Waals surface area contributed by atoms with Gasteiger partial charge >= 0.3 is 11.8 Å². The van der Waals surface area contributed by atoms with Crippen molar-refractivity contribution in [2.24, 2.45) is 0 Å². The van der Waals surface area contributed by atoms with Crippen molar-refractivity contribution in [1.82, 2.24) is 15.1 Å². The summed E-state index contributed by atoms with van der Waals surface area (Å²) in [4.78, 5) is 28.1. The van der Waals surface area contributed by atoms with E-state index < -0.39 is 0 Å². The van der Waals surface area contributed by atoms with Crippen LogP contribution in [0.15, 0.2) is 0 Å². The monoisotopic (exact) mass is 297 g/mol. The molecular formula is C15H27N3O3. The fraction of sp³-hybridized carbons (Fsp3) is 0.867. The number of likely N-dealkylation sites (tertiary alicyclic amines) is 1. The summed E-state index contributed by atoms with van der Waals surface area (Å²) in [5.41, 5.74) is 0. The van der Waals surface area contributed by atoms with Gasteiger partial charge in [-0.25, -0.2) is 0 Å². The summed E-state index contributed by atoms with van der Waals surface area (Å²) in [6.07, 6.45) is 3.85. The number of nitrogens with zero attached hydrogens (tertiary/aromatic N) is 2. The molecule has 6 heteroatoms. The van der Waals surface area contributed by atoms with E-state index in [9.17, 15) is 9.59 Å². The number of hydrogen-bond donors (Lipinski definition) is 1. The van der Waals surface area contributed by atoms with Crippen molar-refractivity contribution in [1.29, 1.82) is 0 Å². The molecule has 21 heavy (non-hydrogen) atoms. The minimum atomic E-state index is -0.360. The minimum absolute atomic E-state index is 0.0845. The summed E-state index contributed by atoms with van der Waals surface area (Å²) in [6, 6.07) is 0. The number of rotatable bonds is 3. The Bertz CT molecular complexity index is 354. The summed E-state index contributed by atoms with van der Waals surface area (Å²) >= 11 is 0. The smallest absolute Gasteiger partial charge is 0.312 e. The van der Waals surface area contributed by atoms with Crippen LogP contribution in [0.4, 0.5) is 0 Å². The minimum Gasteiger partial charge on any atom is -0.376 e. The van der Waals surface area contributed by atoms with Crippen LogP contribution in [-0.4, -0.2) is 73.6 Å². The molecule has 1 atom stereocenters. The summed E-state index contributed by atoms with van der Waals surface area (Å²) in [7, 11) is 0. The molecular weight excluding hydrogens is 270 g/mol. The average molecular weight is 297 g/mol. The predicted molar refractivity (Wildman–Crippen MR) is 79.9 cm³/mol. The van der Waals surface area contributed by atoms with Crippen molar-refractivity contribution in [3.8, 4) is 0 Å². The molecule has 2 fully saturated rings. The fourth-order valence-electron chi connectivity index (χ4n) is 2.86. The van der Waals surface area contributed by atoms with Crippen molar-refractivity contribution >= 4 is 11.8 Å². The van der Waals surface area contributed by atoms with E-state index in [2.05, 4.69) is 12.2 Å². The van der Waals surface area contributed by atoms with Crippen LogP contribution in [0.5, 0.6) is 0 Å². The summed E-state index contributed by atoms with van der Waals surface area (Å²) < 4.78 is 5.73. The Morgan fingerprint density at radius 2 is 1.86 bits per heavy atom. The van der Waals surface area contributed by atoms with E-state index in [0.29, 0.717) is 26.2 Å². The number of ether oxygens (including phenoxy) is 1. The van der Waals surface area contributed by atoms with Gasteiger partial charge in [0, 0.05) is 39.3 Å². The molecule has 2 aliphatic rings. The van der Waals surface area contributed by atoms with E-state index in [1.807, 2.05) is 0 Å². The molecule has 1 unspecified atom stereocenters. The van der Waals surface area contributed by atoms with Gasteiger partial charge in [0.25, 0.3) is 0 Å². The molecule has 0 saturated carbocycles.